The van der Waals surface area contributed by atoms with Crippen LogP contribution in [0, 0.1) is 0 Å². The van der Waals surface area contributed by atoms with E-state index in [4.69, 9.17) is 4.74 Å². The molecule has 132 valence electrons. The van der Waals surface area contributed by atoms with E-state index in [2.05, 4.69) is 21.6 Å². The van der Waals surface area contributed by atoms with Crippen molar-refractivity contribution in [3.63, 3.8) is 0 Å². The van der Waals surface area contributed by atoms with Crippen LogP contribution in [-0.4, -0.2) is 40.8 Å². The van der Waals surface area contributed by atoms with Crippen molar-refractivity contribution < 1.29 is 31.4 Å². The second-order valence-electron chi connectivity index (χ2n) is 6.10. The Morgan fingerprint density at radius 3 is 2.52 bits per heavy atom. The highest BCUT2D eigenvalue weighted by atomic mass is 79.9. The summed E-state index contributed by atoms with van der Waals surface area (Å²) in [6.07, 6.45) is 1.08. The molecule has 0 bridgehead atoms. The molecule has 0 amide bonds. The molecular weight excluding hydrogens is 400 g/mol. The number of aliphatic hydroxyl groups is 1. The summed E-state index contributed by atoms with van der Waals surface area (Å²) in [6, 6.07) is 18.0. The highest BCUT2D eigenvalue weighted by molar-refractivity contribution is 8.13. The highest BCUT2D eigenvalue weighted by Crippen LogP contribution is 2.37. The lowest BCUT2D eigenvalue weighted by Gasteiger charge is -2.24. The largest absolute Gasteiger partial charge is 1.00 e. The summed E-state index contributed by atoms with van der Waals surface area (Å²) in [7, 11) is 1.67. The third-order valence-corrected chi connectivity index (χ3v) is 5.86. The van der Waals surface area contributed by atoms with Crippen molar-refractivity contribution in [3.8, 4) is 5.75 Å². The molecule has 4 nitrogen and oxygen atoms in total. The molecule has 1 N–H and O–H groups in total. The monoisotopic (exact) mass is 420 g/mol. The van der Waals surface area contributed by atoms with Crippen molar-refractivity contribution in [2.75, 3.05) is 30.9 Å². The van der Waals surface area contributed by atoms with Gasteiger partial charge in [-0.05, 0) is 42.4 Å². The van der Waals surface area contributed by atoms with Gasteiger partial charge in [-0.2, -0.15) is 0 Å². The van der Waals surface area contributed by atoms with Crippen LogP contribution in [0.15, 0.2) is 54.6 Å². The quantitative estimate of drug-likeness (QED) is 0.701. The Morgan fingerprint density at radius 2 is 1.84 bits per heavy atom. The molecule has 1 atom stereocenters. The van der Waals surface area contributed by atoms with E-state index in [1.807, 2.05) is 54.2 Å². The summed E-state index contributed by atoms with van der Waals surface area (Å²) >= 11 is 1.82. The first kappa shape index (κ1) is 18.3. The van der Waals surface area contributed by atoms with E-state index in [0.717, 1.165) is 40.9 Å². The number of hydrogen-bond acceptors (Lipinski definition) is 4. The Balaban J connectivity index is 0.00000182. The van der Waals surface area contributed by atoms with Gasteiger partial charge in [-0.3, -0.25) is 0 Å². The first-order chi connectivity index (χ1) is 11.7. The lowest BCUT2D eigenvalue weighted by molar-refractivity contribution is -0.656. The van der Waals surface area contributed by atoms with E-state index in [-0.39, 0.29) is 17.0 Å². The number of methoxy groups -OCH3 is 1. The van der Waals surface area contributed by atoms with Gasteiger partial charge >= 0.3 is 5.17 Å². The van der Waals surface area contributed by atoms with E-state index in [0.29, 0.717) is 6.54 Å². The van der Waals surface area contributed by atoms with Crippen molar-refractivity contribution >= 4 is 22.6 Å². The molecule has 2 aliphatic heterocycles. The zero-order chi connectivity index (χ0) is 16.6. The van der Waals surface area contributed by atoms with E-state index in [9.17, 15) is 5.11 Å². The van der Waals surface area contributed by atoms with Gasteiger partial charge in [-0.15, -0.1) is 0 Å². The third kappa shape index (κ3) is 3.18. The van der Waals surface area contributed by atoms with Crippen LogP contribution in [0.1, 0.15) is 12.0 Å². The molecule has 0 fully saturated rings. The maximum Gasteiger partial charge on any atom is 0.316 e. The number of anilines is 1. The number of rotatable bonds is 3. The number of thioether (sulfide) groups is 1. The van der Waals surface area contributed by atoms with Crippen LogP contribution in [-0.2, 0) is 5.72 Å². The fourth-order valence-electron chi connectivity index (χ4n) is 3.42. The van der Waals surface area contributed by atoms with Gasteiger partial charge in [0.05, 0.1) is 13.7 Å². The number of ether oxygens (including phenoxy) is 1. The SMILES string of the molecule is COc1ccc(N2CC(O)(c3ccccc3)[N+]3=C2SCCC3)cc1.[Br-]. The molecule has 0 saturated heterocycles. The fraction of sp³-hybridized carbons (Fsp3) is 0.316. The molecule has 0 saturated carbocycles. The lowest BCUT2D eigenvalue weighted by Crippen LogP contribution is -3.00. The van der Waals surface area contributed by atoms with Crippen LogP contribution in [0.4, 0.5) is 5.69 Å². The molecule has 0 spiro atoms. The highest BCUT2D eigenvalue weighted by Gasteiger charge is 2.53. The molecule has 0 aromatic heterocycles. The number of β-amino-alcohol motifs (C(OH)–C–C–N with tert-alkyl or cyclic N) is 1. The maximum atomic E-state index is 11.5. The first-order valence-electron chi connectivity index (χ1n) is 8.19. The molecule has 4 rings (SSSR count). The van der Waals surface area contributed by atoms with Gasteiger partial charge in [0.15, 0.2) is 6.54 Å². The summed E-state index contributed by atoms with van der Waals surface area (Å²) in [5.41, 5.74) is 1.04. The molecule has 0 aliphatic carbocycles. The van der Waals surface area contributed by atoms with Gasteiger partial charge in [0, 0.05) is 11.3 Å². The number of halogens is 1. The predicted octanol–water partition coefficient (Wildman–Crippen LogP) is -0.130. The van der Waals surface area contributed by atoms with E-state index >= 15 is 0 Å². The topological polar surface area (TPSA) is 35.7 Å². The minimum absolute atomic E-state index is 0. The molecule has 6 heteroatoms. The zero-order valence-corrected chi connectivity index (χ0v) is 16.5. The number of amidine groups is 1. The predicted molar refractivity (Wildman–Crippen MR) is 97.9 cm³/mol. The average molecular weight is 421 g/mol. The van der Waals surface area contributed by atoms with Crippen LogP contribution in [0.5, 0.6) is 5.75 Å². The number of nitrogens with zero attached hydrogens (tertiary/aromatic N) is 2. The van der Waals surface area contributed by atoms with Crippen molar-refractivity contribution in [1.29, 1.82) is 0 Å². The minimum atomic E-state index is -0.982. The molecule has 2 heterocycles. The summed E-state index contributed by atoms with van der Waals surface area (Å²) in [5, 5.41) is 12.7. The second-order valence-corrected chi connectivity index (χ2v) is 7.17. The van der Waals surface area contributed by atoms with Crippen molar-refractivity contribution in [2.24, 2.45) is 0 Å². The van der Waals surface area contributed by atoms with Crippen LogP contribution in [0.3, 0.4) is 0 Å². The Labute approximate surface area is 162 Å². The summed E-state index contributed by atoms with van der Waals surface area (Å²) < 4.78 is 7.41. The standard InChI is InChI=1S/C19H21N2O2S.BrH/c1-23-17-10-8-16(9-11-17)20-14-19(22,15-6-3-2-4-7-15)21-12-5-13-24-18(20)21;/h2-4,6-11,22H,5,12-14H2,1H3;1H/q+1;/p-1. The summed E-state index contributed by atoms with van der Waals surface area (Å²) in [4.78, 5) is 2.22. The third-order valence-electron chi connectivity index (χ3n) is 4.66. The fourth-order valence-corrected chi connectivity index (χ4v) is 4.60. The Bertz CT molecular complexity index is 767. The van der Waals surface area contributed by atoms with Gasteiger partial charge < -0.3 is 26.8 Å². The van der Waals surface area contributed by atoms with Crippen molar-refractivity contribution in [1.82, 2.24) is 0 Å². The van der Waals surface area contributed by atoms with Gasteiger partial charge in [0.1, 0.15) is 11.4 Å². The molecule has 25 heavy (non-hydrogen) atoms. The van der Waals surface area contributed by atoms with Gasteiger partial charge in [-0.1, -0.05) is 30.3 Å². The van der Waals surface area contributed by atoms with E-state index in [1.165, 1.54) is 0 Å². The van der Waals surface area contributed by atoms with Gasteiger partial charge in [0.2, 0.25) is 0 Å². The van der Waals surface area contributed by atoms with Crippen LogP contribution < -0.4 is 26.6 Å². The van der Waals surface area contributed by atoms with Crippen molar-refractivity contribution in [2.45, 2.75) is 12.1 Å². The molecular formula is C19H21BrN2O2S. The smallest absolute Gasteiger partial charge is 0.316 e. The van der Waals surface area contributed by atoms with Crippen LogP contribution >= 0.6 is 11.8 Å². The zero-order valence-electron chi connectivity index (χ0n) is 14.1. The molecule has 2 aromatic rings. The normalized spacial score (nSPS) is 22.4. The minimum Gasteiger partial charge on any atom is -1.00 e. The number of hydrogen-bond donors (Lipinski definition) is 1. The molecule has 0 radical (unpaired) electrons. The summed E-state index contributed by atoms with van der Waals surface area (Å²) in [5.74, 6) is 1.93. The lowest BCUT2D eigenvalue weighted by atomic mass is 10.0. The van der Waals surface area contributed by atoms with Crippen LogP contribution in [0.2, 0.25) is 0 Å². The molecule has 1 unspecified atom stereocenters. The Hall–Kier alpha value is -1.50. The second kappa shape index (κ2) is 7.40. The van der Waals surface area contributed by atoms with E-state index < -0.39 is 5.72 Å². The van der Waals surface area contributed by atoms with Gasteiger partial charge in [0.25, 0.3) is 5.72 Å². The van der Waals surface area contributed by atoms with E-state index in [1.54, 1.807) is 7.11 Å². The first-order valence-corrected chi connectivity index (χ1v) is 9.18. The Kier molecular flexibility index (Phi) is 5.41. The number of benzene rings is 2. The van der Waals surface area contributed by atoms with Gasteiger partial charge in [-0.25, -0.2) is 9.48 Å². The molecule has 2 aromatic carbocycles. The Morgan fingerprint density at radius 1 is 1.12 bits per heavy atom. The average Bonchev–Trinajstić information content (AvgIpc) is 2.97. The maximum absolute atomic E-state index is 11.5. The van der Waals surface area contributed by atoms with Crippen LogP contribution in [0.25, 0.3) is 0 Å². The summed E-state index contributed by atoms with van der Waals surface area (Å²) in [6.45, 7) is 1.41. The van der Waals surface area contributed by atoms with Crippen molar-refractivity contribution in [3.05, 3.63) is 60.2 Å². The molecule has 2 aliphatic rings.